The second-order valence-electron chi connectivity index (χ2n) is 4.39. The second kappa shape index (κ2) is 4.04. The zero-order valence-corrected chi connectivity index (χ0v) is 9.21. The predicted molar refractivity (Wildman–Crippen MR) is 61.0 cm³/mol. The van der Waals surface area contributed by atoms with Gasteiger partial charge in [0, 0.05) is 19.3 Å². The molecule has 1 heterocycles. The normalized spacial score (nSPS) is 22.7. The van der Waals surface area contributed by atoms with Crippen molar-refractivity contribution < 1.29 is 0 Å². The van der Waals surface area contributed by atoms with E-state index in [4.69, 9.17) is 0 Å². The summed E-state index contributed by atoms with van der Waals surface area (Å²) in [7, 11) is 2.21. The molecule has 0 bridgehead atoms. The Morgan fingerprint density at radius 1 is 1.29 bits per heavy atom. The molecule has 0 amide bonds. The van der Waals surface area contributed by atoms with Gasteiger partial charge in [-0.05, 0) is 44.3 Å². The molecule has 14 heavy (non-hydrogen) atoms. The molecular formula is C13H19N. The largest absolute Gasteiger partial charge is 0.374 e. The van der Waals surface area contributed by atoms with Crippen molar-refractivity contribution in [1.29, 1.82) is 0 Å². The van der Waals surface area contributed by atoms with Crippen LogP contribution < -0.4 is 0 Å². The molecule has 0 unspecified atom stereocenters. The van der Waals surface area contributed by atoms with Crippen LogP contribution in [-0.2, 0) is 0 Å². The minimum atomic E-state index is 1.11. The van der Waals surface area contributed by atoms with Gasteiger partial charge in [0.25, 0.3) is 0 Å². The first-order valence-corrected chi connectivity index (χ1v) is 5.55. The molecule has 1 aliphatic heterocycles. The highest BCUT2D eigenvalue weighted by Crippen LogP contribution is 2.26. The van der Waals surface area contributed by atoms with Crippen LogP contribution in [0.2, 0.25) is 0 Å². The van der Waals surface area contributed by atoms with Gasteiger partial charge in [-0.25, -0.2) is 0 Å². The van der Waals surface area contributed by atoms with Crippen LogP contribution in [0.1, 0.15) is 32.6 Å². The summed E-state index contributed by atoms with van der Waals surface area (Å²) in [5, 5.41) is 0. The maximum Gasteiger partial charge on any atom is 0.0395 e. The lowest BCUT2D eigenvalue weighted by atomic mass is 10.1. The lowest BCUT2D eigenvalue weighted by Gasteiger charge is -2.20. The van der Waals surface area contributed by atoms with Gasteiger partial charge in [-0.3, -0.25) is 0 Å². The van der Waals surface area contributed by atoms with Gasteiger partial charge in [-0.15, -0.1) is 0 Å². The van der Waals surface area contributed by atoms with E-state index in [1.807, 2.05) is 0 Å². The second-order valence-corrected chi connectivity index (χ2v) is 4.39. The predicted octanol–water partition coefficient (Wildman–Crippen LogP) is 3.26. The van der Waals surface area contributed by atoms with Gasteiger partial charge in [-0.1, -0.05) is 17.7 Å². The van der Waals surface area contributed by atoms with Gasteiger partial charge >= 0.3 is 0 Å². The number of hydrogen-bond donors (Lipinski definition) is 0. The minimum Gasteiger partial charge on any atom is -0.374 e. The van der Waals surface area contributed by atoms with Gasteiger partial charge in [-0.2, -0.15) is 0 Å². The Morgan fingerprint density at radius 3 is 3.00 bits per heavy atom. The molecule has 0 atom stereocenters. The van der Waals surface area contributed by atoms with Crippen LogP contribution in [0.5, 0.6) is 0 Å². The van der Waals surface area contributed by atoms with Gasteiger partial charge in [0.05, 0.1) is 0 Å². The Labute approximate surface area is 86.8 Å². The van der Waals surface area contributed by atoms with Crippen molar-refractivity contribution in [3.05, 3.63) is 35.1 Å². The molecule has 0 saturated heterocycles. The van der Waals surface area contributed by atoms with Gasteiger partial charge in [0.2, 0.25) is 0 Å². The van der Waals surface area contributed by atoms with E-state index < -0.39 is 0 Å². The topological polar surface area (TPSA) is 3.24 Å². The maximum atomic E-state index is 2.40. The first-order valence-electron chi connectivity index (χ1n) is 5.55. The molecule has 0 saturated carbocycles. The lowest BCUT2D eigenvalue weighted by Crippen LogP contribution is -2.17. The smallest absolute Gasteiger partial charge is 0.0395 e. The minimum absolute atomic E-state index is 1.11. The fraction of sp³-hybridized carbons (Fsp3) is 0.538. The third-order valence-electron chi connectivity index (χ3n) is 3.07. The number of nitrogens with zero attached hydrogens (tertiary/aromatic N) is 1. The number of rotatable bonds is 0. The highest BCUT2D eigenvalue weighted by molar-refractivity contribution is 5.37. The molecule has 0 radical (unpaired) electrons. The zero-order valence-electron chi connectivity index (χ0n) is 9.21. The molecule has 0 spiro atoms. The van der Waals surface area contributed by atoms with Crippen molar-refractivity contribution in [2.75, 3.05) is 13.6 Å². The molecule has 2 aliphatic rings. The van der Waals surface area contributed by atoms with Crippen LogP contribution in [0.4, 0.5) is 0 Å². The summed E-state index contributed by atoms with van der Waals surface area (Å²) in [6.07, 6.45) is 12.0. The fourth-order valence-electron chi connectivity index (χ4n) is 2.21. The molecule has 0 fully saturated rings. The van der Waals surface area contributed by atoms with E-state index in [9.17, 15) is 0 Å². The summed E-state index contributed by atoms with van der Waals surface area (Å²) in [5.41, 5.74) is 4.45. The lowest BCUT2D eigenvalue weighted by molar-refractivity contribution is 0.426. The molecule has 0 aromatic heterocycles. The monoisotopic (exact) mass is 189 g/mol. The molecule has 76 valence electrons. The fourth-order valence-corrected chi connectivity index (χ4v) is 2.21. The first kappa shape index (κ1) is 9.57. The Hall–Kier alpha value is -0.980. The van der Waals surface area contributed by atoms with Crippen molar-refractivity contribution >= 4 is 0 Å². The highest BCUT2D eigenvalue weighted by Gasteiger charge is 2.13. The van der Waals surface area contributed by atoms with Gasteiger partial charge in [0.1, 0.15) is 0 Å². The van der Waals surface area contributed by atoms with Crippen LogP contribution in [-0.4, -0.2) is 18.5 Å². The zero-order chi connectivity index (χ0) is 9.97. The van der Waals surface area contributed by atoms with Crippen molar-refractivity contribution in [1.82, 2.24) is 4.90 Å². The van der Waals surface area contributed by atoms with Crippen molar-refractivity contribution in [3.8, 4) is 0 Å². The summed E-state index contributed by atoms with van der Waals surface area (Å²) < 4.78 is 0. The summed E-state index contributed by atoms with van der Waals surface area (Å²) in [5.74, 6) is 0. The molecule has 0 aromatic carbocycles. The molecule has 0 aromatic rings. The highest BCUT2D eigenvalue weighted by atomic mass is 15.1. The van der Waals surface area contributed by atoms with E-state index in [1.54, 1.807) is 0 Å². The number of hydrogen-bond acceptors (Lipinski definition) is 1. The van der Waals surface area contributed by atoms with Gasteiger partial charge in [0.15, 0.2) is 0 Å². The van der Waals surface area contributed by atoms with Crippen LogP contribution in [0, 0.1) is 0 Å². The van der Waals surface area contributed by atoms with E-state index in [0.717, 1.165) is 6.42 Å². The van der Waals surface area contributed by atoms with E-state index in [1.165, 1.54) is 42.7 Å². The van der Waals surface area contributed by atoms with Crippen molar-refractivity contribution in [2.45, 2.75) is 32.6 Å². The third kappa shape index (κ3) is 1.92. The summed E-state index contributed by atoms with van der Waals surface area (Å²) in [6, 6.07) is 0. The SMILES string of the molecule is CC1=CC2=C(C=CC1)CCCCN2C. The third-order valence-corrected chi connectivity index (χ3v) is 3.07. The number of allylic oxidation sites excluding steroid dienone is 5. The Bertz CT molecular complexity index is 307. The average molecular weight is 189 g/mol. The summed E-state index contributed by atoms with van der Waals surface area (Å²) >= 11 is 0. The molecule has 0 N–H and O–H groups in total. The van der Waals surface area contributed by atoms with Crippen molar-refractivity contribution in [2.24, 2.45) is 0 Å². The molecule has 1 aliphatic carbocycles. The maximum absolute atomic E-state index is 2.40. The number of likely N-dealkylation sites (N-methyl/N-ethyl adjacent to an activating group) is 1. The first-order chi connectivity index (χ1) is 6.77. The molecule has 2 rings (SSSR count). The summed E-state index contributed by atoms with van der Waals surface area (Å²) in [6.45, 7) is 3.43. The van der Waals surface area contributed by atoms with Crippen LogP contribution >= 0.6 is 0 Å². The van der Waals surface area contributed by atoms with E-state index >= 15 is 0 Å². The van der Waals surface area contributed by atoms with Crippen LogP contribution in [0.25, 0.3) is 0 Å². The Balaban J connectivity index is 2.38. The molecular weight excluding hydrogens is 170 g/mol. The van der Waals surface area contributed by atoms with E-state index in [0.29, 0.717) is 0 Å². The standard InChI is InChI=1S/C13H19N/c1-11-6-5-8-12-7-3-4-9-14(2)13(12)10-11/h5,8,10H,3-4,6-7,9H2,1-2H3. The molecule has 1 nitrogen and oxygen atoms in total. The quantitative estimate of drug-likeness (QED) is 0.565. The van der Waals surface area contributed by atoms with Crippen molar-refractivity contribution in [3.63, 3.8) is 0 Å². The average Bonchev–Trinajstić information content (AvgIpc) is 2.42. The van der Waals surface area contributed by atoms with Gasteiger partial charge < -0.3 is 4.90 Å². The Kier molecular flexibility index (Phi) is 2.76. The summed E-state index contributed by atoms with van der Waals surface area (Å²) in [4.78, 5) is 2.40. The van der Waals surface area contributed by atoms with Crippen LogP contribution in [0.3, 0.4) is 0 Å². The Morgan fingerprint density at radius 2 is 2.14 bits per heavy atom. The van der Waals surface area contributed by atoms with E-state index in [2.05, 4.69) is 37.1 Å². The van der Waals surface area contributed by atoms with E-state index in [-0.39, 0.29) is 0 Å². The molecule has 1 heteroatoms. The van der Waals surface area contributed by atoms with Crippen LogP contribution in [0.15, 0.2) is 35.1 Å².